The van der Waals surface area contributed by atoms with Crippen LogP contribution in [0.3, 0.4) is 0 Å². The van der Waals surface area contributed by atoms with Crippen LogP contribution in [0.1, 0.15) is 28.8 Å². The lowest BCUT2D eigenvalue weighted by molar-refractivity contribution is 0.0629. The van der Waals surface area contributed by atoms with Crippen molar-refractivity contribution < 1.29 is 17.9 Å². The van der Waals surface area contributed by atoms with E-state index in [0.717, 1.165) is 32.5 Å². The molecule has 0 unspecified atom stereocenters. The van der Waals surface area contributed by atoms with Crippen LogP contribution in [0.2, 0.25) is 0 Å². The molecule has 0 saturated carbocycles. The molecule has 0 aromatic heterocycles. The SMILES string of the molecule is O=C(c1ccc(S(=O)(=O)NC[C@H]2CCCO2)cc1)N1CCN(Cc2cccc3ccccc23)CC1. The molecule has 2 heterocycles. The summed E-state index contributed by atoms with van der Waals surface area (Å²) in [4.78, 5) is 17.4. The molecule has 184 valence electrons. The van der Waals surface area contributed by atoms with Gasteiger partial charge in [0.25, 0.3) is 5.91 Å². The Kier molecular flexibility index (Phi) is 7.15. The zero-order chi connectivity index (χ0) is 24.3. The predicted molar refractivity (Wildman–Crippen MR) is 136 cm³/mol. The lowest BCUT2D eigenvalue weighted by atomic mass is 10.0. The van der Waals surface area contributed by atoms with E-state index in [0.29, 0.717) is 25.3 Å². The number of carbonyl (C=O) groups excluding carboxylic acids is 1. The van der Waals surface area contributed by atoms with Crippen LogP contribution in [0.4, 0.5) is 0 Å². The van der Waals surface area contributed by atoms with E-state index in [1.54, 1.807) is 12.1 Å². The molecule has 1 amide bonds. The molecule has 2 aliphatic heterocycles. The van der Waals surface area contributed by atoms with Crippen molar-refractivity contribution in [2.45, 2.75) is 30.4 Å². The molecule has 8 heteroatoms. The highest BCUT2D eigenvalue weighted by Gasteiger charge is 2.24. The van der Waals surface area contributed by atoms with Crippen molar-refractivity contribution in [1.82, 2.24) is 14.5 Å². The molecule has 0 bridgehead atoms. The van der Waals surface area contributed by atoms with Crippen LogP contribution in [0, 0.1) is 0 Å². The van der Waals surface area contributed by atoms with Gasteiger partial charge in [-0.15, -0.1) is 0 Å². The molecular weight excluding hydrogens is 462 g/mol. The van der Waals surface area contributed by atoms with E-state index < -0.39 is 10.0 Å². The summed E-state index contributed by atoms with van der Waals surface area (Å²) in [7, 11) is -3.63. The van der Waals surface area contributed by atoms with Crippen molar-refractivity contribution in [3.8, 4) is 0 Å². The fourth-order valence-corrected chi connectivity index (χ4v) is 5.90. The van der Waals surface area contributed by atoms with Crippen LogP contribution < -0.4 is 4.72 Å². The van der Waals surface area contributed by atoms with Gasteiger partial charge in [0.15, 0.2) is 0 Å². The van der Waals surface area contributed by atoms with Gasteiger partial charge in [-0.05, 0) is 53.4 Å². The Labute approximate surface area is 206 Å². The number of hydrogen-bond acceptors (Lipinski definition) is 5. The molecule has 2 fully saturated rings. The quantitative estimate of drug-likeness (QED) is 0.547. The minimum atomic E-state index is -3.63. The minimum absolute atomic E-state index is 0.0638. The normalized spacial score (nSPS) is 19.3. The third-order valence-corrected chi connectivity index (χ3v) is 8.31. The van der Waals surface area contributed by atoms with E-state index in [1.807, 2.05) is 4.90 Å². The van der Waals surface area contributed by atoms with Crippen LogP contribution in [-0.4, -0.2) is 69.6 Å². The van der Waals surface area contributed by atoms with Gasteiger partial charge in [0.2, 0.25) is 10.0 Å². The first kappa shape index (κ1) is 23.9. The summed E-state index contributed by atoms with van der Waals surface area (Å²) >= 11 is 0. The first-order chi connectivity index (χ1) is 17.0. The number of ether oxygens (including phenoxy) is 1. The summed E-state index contributed by atoms with van der Waals surface area (Å²) in [5, 5.41) is 2.51. The Bertz CT molecular complexity index is 1270. The van der Waals surface area contributed by atoms with Crippen LogP contribution in [-0.2, 0) is 21.3 Å². The second kappa shape index (κ2) is 10.5. The molecule has 3 aromatic carbocycles. The van der Waals surface area contributed by atoms with Crippen LogP contribution in [0.25, 0.3) is 10.8 Å². The van der Waals surface area contributed by atoms with Crippen molar-refractivity contribution in [3.63, 3.8) is 0 Å². The number of hydrogen-bond donors (Lipinski definition) is 1. The molecule has 0 spiro atoms. The summed E-state index contributed by atoms with van der Waals surface area (Å²) in [5.41, 5.74) is 1.80. The molecular formula is C27H31N3O4S. The number of nitrogens with zero attached hydrogens (tertiary/aromatic N) is 2. The van der Waals surface area contributed by atoms with E-state index in [2.05, 4.69) is 52.1 Å². The van der Waals surface area contributed by atoms with Gasteiger partial charge in [-0.25, -0.2) is 13.1 Å². The van der Waals surface area contributed by atoms with E-state index in [9.17, 15) is 13.2 Å². The van der Waals surface area contributed by atoms with Crippen LogP contribution in [0.5, 0.6) is 0 Å². The second-order valence-corrected chi connectivity index (χ2v) is 11.0. The van der Waals surface area contributed by atoms with Crippen molar-refractivity contribution in [2.24, 2.45) is 0 Å². The Morgan fingerprint density at radius 1 is 0.943 bits per heavy atom. The van der Waals surface area contributed by atoms with Crippen LogP contribution in [0.15, 0.2) is 71.6 Å². The number of carbonyl (C=O) groups is 1. The van der Waals surface area contributed by atoms with Gasteiger partial charge < -0.3 is 9.64 Å². The summed E-state index contributed by atoms with van der Waals surface area (Å²) in [5.74, 6) is -0.0638. The second-order valence-electron chi connectivity index (χ2n) is 9.22. The number of rotatable bonds is 7. The van der Waals surface area contributed by atoms with Gasteiger partial charge in [0.1, 0.15) is 0 Å². The molecule has 2 saturated heterocycles. The summed E-state index contributed by atoms with van der Waals surface area (Å²) < 4.78 is 33.2. The van der Waals surface area contributed by atoms with Gasteiger partial charge >= 0.3 is 0 Å². The highest BCUT2D eigenvalue weighted by atomic mass is 32.2. The van der Waals surface area contributed by atoms with E-state index >= 15 is 0 Å². The van der Waals surface area contributed by atoms with E-state index in [4.69, 9.17) is 4.74 Å². The summed E-state index contributed by atoms with van der Waals surface area (Å²) in [6.07, 6.45) is 1.76. The number of piperazine rings is 1. The minimum Gasteiger partial charge on any atom is -0.377 e. The van der Waals surface area contributed by atoms with Gasteiger partial charge in [0, 0.05) is 51.4 Å². The van der Waals surface area contributed by atoms with E-state index in [-0.39, 0.29) is 23.5 Å². The molecule has 35 heavy (non-hydrogen) atoms. The molecule has 0 radical (unpaired) electrons. The zero-order valence-electron chi connectivity index (χ0n) is 19.7. The molecule has 1 atom stereocenters. The van der Waals surface area contributed by atoms with Crippen molar-refractivity contribution in [3.05, 3.63) is 77.9 Å². The molecule has 0 aliphatic carbocycles. The fraction of sp³-hybridized carbons (Fsp3) is 0.370. The topological polar surface area (TPSA) is 78.9 Å². The van der Waals surface area contributed by atoms with Crippen molar-refractivity contribution in [1.29, 1.82) is 0 Å². The predicted octanol–water partition coefficient (Wildman–Crippen LogP) is 3.26. The Hall–Kier alpha value is -2.78. The molecule has 2 aliphatic rings. The number of amides is 1. The highest BCUT2D eigenvalue weighted by Crippen LogP contribution is 2.21. The van der Waals surface area contributed by atoms with Gasteiger partial charge in [-0.3, -0.25) is 9.69 Å². The summed E-state index contributed by atoms with van der Waals surface area (Å²) in [6, 6.07) is 21.0. The van der Waals surface area contributed by atoms with Gasteiger partial charge in [0.05, 0.1) is 11.0 Å². The number of nitrogens with one attached hydrogen (secondary N) is 1. The van der Waals surface area contributed by atoms with Gasteiger partial charge in [-0.1, -0.05) is 42.5 Å². The molecule has 3 aromatic rings. The Morgan fingerprint density at radius 3 is 2.43 bits per heavy atom. The molecule has 1 N–H and O–H groups in total. The maximum atomic E-state index is 13.0. The van der Waals surface area contributed by atoms with Crippen LogP contribution >= 0.6 is 0 Å². The first-order valence-electron chi connectivity index (χ1n) is 12.2. The summed E-state index contributed by atoms with van der Waals surface area (Å²) in [6.45, 7) is 4.70. The van der Waals surface area contributed by atoms with Crippen molar-refractivity contribution in [2.75, 3.05) is 39.3 Å². The maximum absolute atomic E-state index is 13.0. The van der Waals surface area contributed by atoms with Gasteiger partial charge in [-0.2, -0.15) is 0 Å². The molecule has 5 rings (SSSR count). The monoisotopic (exact) mass is 493 g/mol. The zero-order valence-corrected chi connectivity index (χ0v) is 20.5. The number of fused-ring (bicyclic) bond motifs is 1. The number of benzene rings is 3. The Balaban J connectivity index is 1.16. The highest BCUT2D eigenvalue weighted by molar-refractivity contribution is 7.89. The number of sulfonamides is 1. The fourth-order valence-electron chi connectivity index (χ4n) is 4.83. The lowest BCUT2D eigenvalue weighted by Crippen LogP contribution is -2.48. The smallest absolute Gasteiger partial charge is 0.253 e. The average Bonchev–Trinajstić information content (AvgIpc) is 3.42. The third-order valence-electron chi connectivity index (χ3n) is 6.87. The van der Waals surface area contributed by atoms with E-state index in [1.165, 1.54) is 28.5 Å². The third kappa shape index (κ3) is 5.56. The van der Waals surface area contributed by atoms with Crippen molar-refractivity contribution >= 4 is 26.7 Å². The average molecular weight is 494 g/mol. The Morgan fingerprint density at radius 2 is 1.69 bits per heavy atom. The first-order valence-corrected chi connectivity index (χ1v) is 13.7. The largest absolute Gasteiger partial charge is 0.377 e. The molecule has 7 nitrogen and oxygen atoms in total. The standard InChI is InChI=1S/C27H31N3O4S/c31-27(22-10-12-25(13-11-22)35(32,33)28-19-24-8-4-18-34-24)30-16-14-29(15-17-30)20-23-7-3-6-21-5-1-2-9-26(21)23/h1-3,5-7,9-13,24,28H,4,8,14-20H2/t24-/m1/s1. The maximum Gasteiger partial charge on any atom is 0.253 e. The lowest BCUT2D eigenvalue weighted by Gasteiger charge is -2.35.